The molecule has 2 bridgehead atoms. The summed E-state index contributed by atoms with van der Waals surface area (Å²) < 4.78 is 10.7. The third kappa shape index (κ3) is 3.80. The summed E-state index contributed by atoms with van der Waals surface area (Å²) >= 11 is 1.74. The molecule has 204 valence electrons. The SMILES string of the molecule is COc1cc(C(=O)N2CC3CCC2[C@@H]3N)cc2nc(-c3cc4ccccc4n3CC3CC3)n(Cc3cccs3)c12. The molecule has 40 heavy (non-hydrogen) atoms. The third-order valence-corrected chi connectivity index (χ3v) is 10.1. The van der Waals surface area contributed by atoms with E-state index in [2.05, 4.69) is 57.0 Å². The van der Waals surface area contributed by atoms with Gasteiger partial charge in [-0.2, -0.15) is 0 Å². The molecule has 2 aliphatic carbocycles. The van der Waals surface area contributed by atoms with Crippen molar-refractivity contribution in [3.8, 4) is 17.3 Å². The number of nitrogens with two attached hydrogens (primary N) is 1. The highest BCUT2D eigenvalue weighted by atomic mass is 32.1. The first kappa shape index (κ1) is 24.2. The minimum atomic E-state index is 0.0278. The van der Waals surface area contributed by atoms with Crippen LogP contribution in [0.3, 0.4) is 0 Å². The van der Waals surface area contributed by atoms with Gasteiger partial charge in [-0.3, -0.25) is 4.79 Å². The van der Waals surface area contributed by atoms with E-state index in [9.17, 15) is 4.79 Å². The summed E-state index contributed by atoms with van der Waals surface area (Å²) in [4.78, 5) is 22.3. The molecule has 2 saturated carbocycles. The Hall–Kier alpha value is -3.62. The van der Waals surface area contributed by atoms with Crippen molar-refractivity contribution >= 4 is 39.2 Å². The molecule has 1 saturated heterocycles. The Bertz CT molecular complexity index is 1750. The molecule has 8 heteroatoms. The van der Waals surface area contributed by atoms with Crippen LogP contribution in [0, 0.1) is 11.8 Å². The lowest BCUT2D eigenvalue weighted by molar-refractivity contribution is 0.0700. The first-order valence-corrected chi connectivity index (χ1v) is 15.2. The number of carbonyl (C=O) groups excluding carboxylic acids is 1. The standard InChI is InChI=1S/C32H33N5O2S/c1-39-28-15-22(32(38)36-17-21-10-11-26(36)29(21)33)13-24-30(28)37(18-23-6-4-12-40-23)31(34-24)27-14-20-5-2-3-7-25(20)35(27)16-19-8-9-19/h2-7,12-15,19,21,26,29H,8-11,16-18,33H2,1H3/t21?,26?,29-/m1/s1. The van der Waals surface area contributed by atoms with Crippen LogP contribution in [0.5, 0.6) is 5.75 Å². The van der Waals surface area contributed by atoms with Gasteiger partial charge in [0.25, 0.3) is 5.91 Å². The smallest absolute Gasteiger partial charge is 0.254 e. The van der Waals surface area contributed by atoms with Gasteiger partial charge in [0.1, 0.15) is 11.3 Å². The van der Waals surface area contributed by atoms with E-state index in [-0.39, 0.29) is 18.0 Å². The van der Waals surface area contributed by atoms with E-state index < -0.39 is 0 Å². The Balaban J connectivity index is 1.31. The Morgan fingerprint density at radius 3 is 2.67 bits per heavy atom. The Morgan fingerprint density at radius 1 is 1.07 bits per heavy atom. The molecule has 2 aromatic carbocycles. The molecule has 7 nitrogen and oxygen atoms in total. The maximum Gasteiger partial charge on any atom is 0.254 e. The number of hydrogen-bond donors (Lipinski definition) is 1. The van der Waals surface area contributed by atoms with Crippen molar-refractivity contribution in [2.45, 2.75) is 50.9 Å². The number of piperidine rings is 1. The number of rotatable bonds is 7. The monoisotopic (exact) mass is 551 g/mol. The van der Waals surface area contributed by atoms with Crippen molar-refractivity contribution in [3.05, 3.63) is 70.4 Å². The van der Waals surface area contributed by atoms with E-state index in [0.717, 1.165) is 48.5 Å². The molecule has 5 aromatic rings. The number of thiophene rings is 1. The average molecular weight is 552 g/mol. The predicted octanol–water partition coefficient (Wildman–Crippen LogP) is 5.75. The quantitative estimate of drug-likeness (QED) is 0.280. The largest absolute Gasteiger partial charge is 0.494 e. The fraction of sp³-hybridized carbons (Fsp3) is 0.375. The molecule has 2 unspecified atom stereocenters. The number of likely N-dealkylation sites (tertiary alicyclic amines) is 1. The fourth-order valence-electron chi connectivity index (χ4n) is 7.02. The van der Waals surface area contributed by atoms with Crippen LogP contribution in [0.1, 0.15) is 40.9 Å². The second-order valence-electron chi connectivity index (χ2n) is 11.7. The molecule has 0 radical (unpaired) electrons. The lowest BCUT2D eigenvalue weighted by Gasteiger charge is -2.27. The normalized spacial score (nSPS) is 22.1. The number of carbonyl (C=O) groups is 1. The van der Waals surface area contributed by atoms with Gasteiger partial charge in [0.2, 0.25) is 0 Å². The second kappa shape index (κ2) is 9.21. The van der Waals surface area contributed by atoms with E-state index in [1.165, 1.54) is 28.6 Å². The van der Waals surface area contributed by atoms with Crippen molar-refractivity contribution in [1.29, 1.82) is 0 Å². The van der Waals surface area contributed by atoms with E-state index >= 15 is 0 Å². The zero-order valence-electron chi connectivity index (χ0n) is 22.6. The zero-order valence-corrected chi connectivity index (χ0v) is 23.4. The number of aromatic nitrogens is 3. The van der Waals surface area contributed by atoms with Crippen LogP contribution in [0.15, 0.2) is 60.0 Å². The molecule has 2 N–H and O–H groups in total. The second-order valence-corrected chi connectivity index (χ2v) is 12.8. The van der Waals surface area contributed by atoms with E-state index in [0.29, 0.717) is 29.7 Å². The van der Waals surface area contributed by atoms with Gasteiger partial charge in [-0.15, -0.1) is 11.3 Å². The molecule has 1 aliphatic heterocycles. The molecule has 0 spiro atoms. The van der Waals surface area contributed by atoms with E-state index in [1.807, 2.05) is 17.0 Å². The number of benzene rings is 2. The number of nitrogens with zero attached hydrogens (tertiary/aromatic N) is 4. The van der Waals surface area contributed by atoms with Crippen LogP contribution < -0.4 is 10.5 Å². The van der Waals surface area contributed by atoms with Crippen LogP contribution in [0.4, 0.5) is 0 Å². The Morgan fingerprint density at radius 2 is 1.95 bits per heavy atom. The average Bonchev–Trinajstić information content (AvgIpc) is 3.34. The highest BCUT2D eigenvalue weighted by Crippen LogP contribution is 2.41. The molecule has 4 heterocycles. The number of ether oxygens (including phenoxy) is 1. The lowest BCUT2D eigenvalue weighted by atomic mass is 10.1. The van der Waals surface area contributed by atoms with Crippen molar-refractivity contribution in [1.82, 2.24) is 19.0 Å². The number of fused-ring (bicyclic) bond motifs is 4. The predicted molar refractivity (Wildman–Crippen MR) is 159 cm³/mol. The molecule has 3 aromatic heterocycles. The van der Waals surface area contributed by atoms with Gasteiger partial charge >= 0.3 is 0 Å². The molecule has 3 fully saturated rings. The minimum Gasteiger partial charge on any atom is -0.494 e. The molecular formula is C32H33N5O2S. The first-order valence-electron chi connectivity index (χ1n) is 14.3. The van der Waals surface area contributed by atoms with Gasteiger partial charge < -0.3 is 24.5 Å². The Kier molecular flexibility index (Phi) is 5.57. The summed E-state index contributed by atoms with van der Waals surface area (Å²) in [6, 6.07) is 19.2. The number of imidazole rings is 1. The molecule has 3 atom stereocenters. The van der Waals surface area contributed by atoms with Gasteiger partial charge in [-0.25, -0.2) is 4.98 Å². The van der Waals surface area contributed by atoms with Crippen LogP contribution >= 0.6 is 11.3 Å². The summed E-state index contributed by atoms with van der Waals surface area (Å²) in [5.41, 5.74) is 11.1. The molecular weight excluding hydrogens is 518 g/mol. The van der Waals surface area contributed by atoms with Gasteiger partial charge in [0, 0.05) is 46.5 Å². The van der Waals surface area contributed by atoms with Crippen LogP contribution in [-0.2, 0) is 13.1 Å². The highest BCUT2D eigenvalue weighted by Gasteiger charge is 2.47. The number of para-hydroxylation sites is 1. The van der Waals surface area contributed by atoms with Crippen molar-refractivity contribution in [2.75, 3.05) is 13.7 Å². The zero-order chi connectivity index (χ0) is 27.0. The maximum absolute atomic E-state index is 13.8. The topological polar surface area (TPSA) is 78.3 Å². The van der Waals surface area contributed by atoms with Crippen LogP contribution in [0.2, 0.25) is 0 Å². The van der Waals surface area contributed by atoms with E-state index in [1.54, 1.807) is 18.4 Å². The van der Waals surface area contributed by atoms with Crippen molar-refractivity contribution in [3.63, 3.8) is 0 Å². The van der Waals surface area contributed by atoms with Gasteiger partial charge in [0.05, 0.1) is 24.9 Å². The van der Waals surface area contributed by atoms with Gasteiger partial charge in [-0.05, 0) is 73.2 Å². The third-order valence-electron chi connectivity index (χ3n) is 9.26. The number of methoxy groups -OCH3 is 1. The fourth-order valence-corrected chi connectivity index (χ4v) is 7.71. The van der Waals surface area contributed by atoms with Crippen LogP contribution in [-0.4, -0.2) is 50.7 Å². The number of amides is 1. The molecule has 3 aliphatic rings. The summed E-state index contributed by atoms with van der Waals surface area (Å²) in [5.74, 6) is 2.73. The highest BCUT2D eigenvalue weighted by molar-refractivity contribution is 7.09. The molecule has 8 rings (SSSR count). The van der Waals surface area contributed by atoms with Gasteiger partial charge in [0.15, 0.2) is 5.82 Å². The summed E-state index contributed by atoms with van der Waals surface area (Å²) in [7, 11) is 1.68. The minimum absolute atomic E-state index is 0.0278. The van der Waals surface area contributed by atoms with E-state index in [4.69, 9.17) is 15.5 Å². The van der Waals surface area contributed by atoms with Crippen molar-refractivity contribution in [2.24, 2.45) is 17.6 Å². The van der Waals surface area contributed by atoms with Gasteiger partial charge in [-0.1, -0.05) is 24.3 Å². The molecule has 1 amide bonds. The first-order chi connectivity index (χ1) is 19.6. The Labute approximate surface area is 237 Å². The lowest BCUT2D eigenvalue weighted by Crippen LogP contribution is -2.41. The summed E-state index contributed by atoms with van der Waals surface area (Å²) in [5, 5.41) is 3.33. The summed E-state index contributed by atoms with van der Waals surface area (Å²) in [6.45, 7) is 2.41. The maximum atomic E-state index is 13.8. The van der Waals surface area contributed by atoms with Crippen LogP contribution in [0.25, 0.3) is 33.5 Å². The summed E-state index contributed by atoms with van der Waals surface area (Å²) in [6.07, 6.45) is 4.66. The van der Waals surface area contributed by atoms with Crippen molar-refractivity contribution < 1.29 is 9.53 Å². The number of hydrogen-bond acceptors (Lipinski definition) is 5.